The molecule has 0 aliphatic rings. The molecule has 0 bridgehead atoms. The van der Waals surface area contributed by atoms with Crippen molar-refractivity contribution in [3.8, 4) is 0 Å². The van der Waals surface area contributed by atoms with Crippen molar-refractivity contribution in [2.45, 2.75) is 12.3 Å². The van der Waals surface area contributed by atoms with Gasteiger partial charge in [-0.25, -0.2) is 9.97 Å². The van der Waals surface area contributed by atoms with Gasteiger partial charge >= 0.3 is 0 Å². The van der Waals surface area contributed by atoms with E-state index in [1.165, 1.54) is 0 Å². The second-order valence-electron chi connectivity index (χ2n) is 3.14. The van der Waals surface area contributed by atoms with Crippen LogP contribution in [0.15, 0.2) is 12.4 Å². The van der Waals surface area contributed by atoms with Gasteiger partial charge in [0.1, 0.15) is 21.5 Å². The zero-order valence-corrected chi connectivity index (χ0v) is 7.00. The van der Waals surface area contributed by atoms with E-state index in [9.17, 15) is 5.11 Å². The summed E-state index contributed by atoms with van der Waals surface area (Å²) in [4.78, 5) is 7.98. The molecule has 0 aromatic carbocycles. The van der Waals surface area contributed by atoms with Gasteiger partial charge in [-0.05, 0) is 12.5 Å². The Morgan fingerprint density at radius 3 is 2.18 bits per heavy atom. The van der Waals surface area contributed by atoms with E-state index in [1.54, 1.807) is 28.1 Å². The minimum Gasteiger partial charge on any atom is -0.400 e. The Morgan fingerprint density at radius 2 is 1.82 bits per heavy atom. The van der Waals surface area contributed by atoms with Crippen LogP contribution in [0.3, 0.4) is 0 Å². The Hall–Kier alpha value is -0.830. The standard InChI is InChI=1S/C6H10B2N2O/c1-4-2-9-5(10-3-4)6(7,8)11/h2-3,11H,7-8H2,1H3. The first-order valence-electron chi connectivity index (χ1n) is 3.51. The molecule has 0 saturated heterocycles. The molecule has 0 saturated carbocycles. The fourth-order valence-electron chi connectivity index (χ4n) is 0.709. The fourth-order valence-corrected chi connectivity index (χ4v) is 0.709. The minimum atomic E-state index is -0.937. The first kappa shape index (κ1) is 8.27. The summed E-state index contributed by atoms with van der Waals surface area (Å²) in [6.45, 7) is 1.91. The molecule has 0 spiro atoms. The van der Waals surface area contributed by atoms with Crippen LogP contribution in [0.25, 0.3) is 0 Å². The topological polar surface area (TPSA) is 46.0 Å². The van der Waals surface area contributed by atoms with Crippen LogP contribution in [0.2, 0.25) is 0 Å². The number of hydrogen-bond donors (Lipinski definition) is 1. The summed E-state index contributed by atoms with van der Waals surface area (Å²) in [6.07, 6.45) is 3.39. The summed E-state index contributed by atoms with van der Waals surface area (Å²) in [6, 6.07) is 0. The molecule has 0 atom stereocenters. The van der Waals surface area contributed by atoms with E-state index in [0.29, 0.717) is 5.82 Å². The van der Waals surface area contributed by atoms with Gasteiger partial charge in [-0.2, -0.15) is 0 Å². The first-order valence-corrected chi connectivity index (χ1v) is 3.51. The van der Waals surface area contributed by atoms with Crippen molar-refractivity contribution in [1.82, 2.24) is 9.97 Å². The lowest BCUT2D eigenvalue weighted by molar-refractivity contribution is 0.206. The summed E-state index contributed by atoms with van der Waals surface area (Å²) in [5.41, 5.74) is 0.998. The van der Waals surface area contributed by atoms with E-state index < -0.39 is 5.40 Å². The maximum atomic E-state index is 9.45. The largest absolute Gasteiger partial charge is 0.400 e. The quantitative estimate of drug-likeness (QED) is 0.475. The zero-order chi connectivity index (χ0) is 8.48. The Balaban J connectivity index is 2.99. The SMILES string of the molecule is BC(B)(O)c1ncc(C)cn1. The van der Waals surface area contributed by atoms with Gasteiger partial charge in [-0.15, -0.1) is 0 Å². The molecular weight excluding hydrogens is 138 g/mol. The molecule has 56 valence electrons. The number of hydrogen-bond acceptors (Lipinski definition) is 3. The Bertz CT molecular complexity index is 242. The minimum absolute atomic E-state index is 0.461. The van der Waals surface area contributed by atoms with Crippen LogP contribution in [0, 0.1) is 6.92 Å². The molecule has 1 aromatic heterocycles. The lowest BCUT2D eigenvalue weighted by Gasteiger charge is -2.14. The highest BCUT2D eigenvalue weighted by Gasteiger charge is 2.18. The highest BCUT2D eigenvalue weighted by molar-refractivity contribution is 6.38. The van der Waals surface area contributed by atoms with Gasteiger partial charge < -0.3 is 5.11 Å². The van der Waals surface area contributed by atoms with Crippen molar-refractivity contribution in [3.05, 3.63) is 23.8 Å². The molecule has 1 N–H and O–H groups in total. The number of rotatable bonds is 1. The molecule has 0 fully saturated rings. The van der Waals surface area contributed by atoms with Crippen LogP contribution >= 0.6 is 0 Å². The number of aryl methyl sites for hydroxylation is 1. The number of aromatic nitrogens is 2. The third-order valence-electron chi connectivity index (χ3n) is 1.33. The van der Waals surface area contributed by atoms with E-state index >= 15 is 0 Å². The monoisotopic (exact) mass is 148 g/mol. The van der Waals surface area contributed by atoms with Crippen LogP contribution in [-0.4, -0.2) is 30.8 Å². The Labute approximate surface area is 67.7 Å². The third kappa shape index (κ3) is 2.05. The second-order valence-corrected chi connectivity index (χ2v) is 3.14. The van der Waals surface area contributed by atoms with Crippen molar-refractivity contribution in [2.75, 3.05) is 0 Å². The molecule has 1 heterocycles. The molecular formula is C6H10B2N2O. The van der Waals surface area contributed by atoms with E-state index in [4.69, 9.17) is 0 Å². The molecule has 0 radical (unpaired) electrons. The predicted octanol–water partition coefficient (Wildman–Crippen LogP) is -1.85. The first-order chi connectivity index (χ1) is 5.00. The van der Waals surface area contributed by atoms with Crippen molar-refractivity contribution in [3.63, 3.8) is 0 Å². The average Bonchev–Trinajstić information content (AvgIpc) is 1.86. The second kappa shape index (κ2) is 2.66. The highest BCUT2D eigenvalue weighted by Crippen LogP contribution is 2.06. The molecule has 0 aliphatic heterocycles. The van der Waals surface area contributed by atoms with Crippen LogP contribution in [0.4, 0.5) is 0 Å². The lowest BCUT2D eigenvalue weighted by atomic mass is 9.65. The van der Waals surface area contributed by atoms with Crippen LogP contribution in [0.1, 0.15) is 11.4 Å². The van der Waals surface area contributed by atoms with E-state index in [1.807, 2.05) is 6.92 Å². The molecule has 5 heteroatoms. The van der Waals surface area contributed by atoms with Gasteiger partial charge in [-0.1, -0.05) is 0 Å². The highest BCUT2D eigenvalue weighted by atomic mass is 16.3. The average molecular weight is 148 g/mol. The molecule has 0 aliphatic carbocycles. The molecule has 0 unspecified atom stereocenters. The summed E-state index contributed by atoms with van der Waals surface area (Å²) in [7, 11) is 3.33. The zero-order valence-electron chi connectivity index (χ0n) is 7.00. The molecule has 1 aromatic rings. The van der Waals surface area contributed by atoms with Gasteiger partial charge in [0.25, 0.3) is 0 Å². The maximum Gasteiger partial charge on any atom is 0.142 e. The van der Waals surface area contributed by atoms with Crippen LogP contribution in [-0.2, 0) is 5.40 Å². The number of nitrogens with zero attached hydrogens (tertiary/aromatic N) is 2. The molecule has 0 amide bonds. The van der Waals surface area contributed by atoms with Gasteiger partial charge in [0.05, 0.1) is 5.40 Å². The Morgan fingerprint density at radius 1 is 1.36 bits per heavy atom. The van der Waals surface area contributed by atoms with E-state index in [0.717, 1.165) is 5.56 Å². The van der Waals surface area contributed by atoms with Crippen LogP contribution < -0.4 is 0 Å². The maximum absolute atomic E-state index is 9.45. The number of aliphatic hydroxyl groups is 1. The van der Waals surface area contributed by atoms with Crippen LogP contribution in [0.5, 0.6) is 0 Å². The van der Waals surface area contributed by atoms with Crippen molar-refractivity contribution < 1.29 is 5.11 Å². The lowest BCUT2D eigenvalue weighted by Crippen LogP contribution is -2.28. The van der Waals surface area contributed by atoms with Gasteiger partial charge in [0, 0.05) is 12.4 Å². The predicted molar refractivity (Wildman–Crippen MR) is 47.8 cm³/mol. The smallest absolute Gasteiger partial charge is 0.142 e. The third-order valence-corrected chi connectivity index (χ3v) is 1.33. The van der Waals surface area contributed by atoms with Gasteiger partial charge in [-0.3, -0.25) is 0 Å². The molecule has 1 rings (SSSR count). The summed E-state index contributed by atoms with van der Waals surface area (Å²) < 4.78 is 0. The van der Waals surface area contributed by atoms with Crippen molar-refractivity contribution in [2.24, 2.45) is 0 Å². The van der Waals surface area contributed by atoms with Crippen molar-refractivity contribution >= 4 is 15.7 Å². The van der Waals surface area contributed by atoms with E-state index in [2.05, 4.69) is 9.97 Å². The summed E-state index contributed by atoms with van der Waals surface area (Å²) in [5.74, 6) is 0.461. The Kier molecular flexibility index (Phi) is 2.00. The molecule has 3 nitrogen and oxygen atoms in total. The van der Waals surface area contributed by atoms with Gasteiger partial charge in [0.15, 0.2) is 0 Å². The molecule has 11 heavy (non-hydrogen) atoms. The fraction of sp³-hybridized carbons (Fsp3) is 0.333. The van der Waals surface area contributed by atoms with E-state index in [-0.39, 0.29) is 0 Å². The summed E-state index contributed by atoms with van der Waals surface area (Å²) in [5, 5.41) is 8.52. The normalized spacial score (nSPS) is 11.5. The van der Waals surface area contributed by atoms with Crippen molar-refractivity contribution in [1.29, 1.82) is 0 Å². The van der Waals surface area contributed by atoms with Gasteiger partial charge in [0.2, 0.25) is 0 Å². The summed E-state index contributed by atoms with van der Waals surface area (Å²) >= 11 is 0.